The lowest BCUT2D eigenvalue weighted by Gasteiger charge is -2.25. The molecule has 0 aliphatic heterocycles. The van der Waals surface area contributed by atoms with Gasteiger partial charge in [-0.3, -0.25) is 4.79 Å². The largest absolute Gasteiger partial charge is 0.354 e. The lowest BCUT2D eigenvalue weighted by atomic mass is 10.0. The molecule has 1 unspecified atom stereocenters. The zero-order valence-electron chi connectivity index (χ0n) is 17.0. The van der Waals surface area contributed by atoms with Gasteiger partial charge in [-0.2, -0.15) is 0 Å². The monoisotopic (exact) mass is 427 g/mol. The highest BCUT2D eigenvalue weighted by Gasteiger charge is 2.16. The van der Waals surface area contributed by atoms with E-state index in [1.165, 1.54) is 22.5 Å². The van der Waals surface area contributed by atoms with E-state index < -0.39 is 0 Å². The van der Waals surface area contributed by atoms with Crippen molar-refractivity contribution in [3.8, 4) is 10.6 Å². The minimum absolute atomic E-state index is 0.0296. The van der Waals surface area contributed by atoms with Crippen LogP contribution in [-0.2, 0) is 17.6 Å². The first-order valence-electron chi connectivity index (χ1n) is 9.69. The van der Waals surface area contributed by atoms with Gasteiger partial charge in [-0.1, -0.05) is 61.0 Å². The van der Waals surface area contributed by atoms with Crippen LogP contribution in [0, 0.1) is 0 Å². The maximum Gasteiger partial charge on any atom is 0.226 e. The zero-order valence-corrected chi connectivity index (χ0v) is 18.6. The number of aromatic nitrogens is 1. The lowest BCUT2D eigenvalue weighted by Crippen LogP contribution is -2.35. The number of carbonyl (C=O) groups excluding carboxylic acids is 1. The van der Waals surface area contributed by atoms with Gasteiger partial charge in [0.25, 0.3) is 0 Å². The van der Waals surface area contributed by atoms with E-state index in [-0.39, 0.29) is 18.4 Å². The molecule has 6 heteroatoms. The molecule has 4 nitrogen and oxygen atoms in total. The SMILES string of the molecule is CCc1ccc(C(CNC(=O)Cc2csc(-c3ccccc3Cl)n2)N(C)C)cc1. The molecule has 0 aliphatic carbocycles. The molecule has 152 valence electrons. The van der Waals surface area contributed by atoms with Gasteiger partial charge in [-0.15, -0.1) is 11.3 Å². The third-order valence-electron chi connectivity index (χ3n) is 4.89. The number of rotatable bonds is 8. The van der Waals surface area contributed by atoms with E-state index in [4.69, 9.17) is 11.6 Å². The Balaban J connectivity index is 1.60. The number of amides is 1. The van der Waals surface area contributed by atoms with Crippen LogP contribution in [0.3, 0.4) is 0 Å². The molecular formula is C23H26ClN3OS. The smallest absolute Gasteiger partial charge is 0.226 e. The van der Waals surface area contributed by atoms with E-state index in [1.54, 1.807) is 0 Å². The van der Waals surface area contributed by atoms with E-state index in [0.717, 1.165) is 22.7 Å². The first-order valence-corrected chi connectivity index (χ1v) is 10.9. The van der Waals surface area contributed by atoms with Crippen LogP contribution in [0.1, 0.15) is 29.8 Å². The van der Waals surface area contributed by atoms with E-state index in [0.29, 0.717) is 11.6 Å². The molecule has 0 saturated carbocycles. The van der Waals surface area contributed by atoms with Gasteiger partial charge in [0.2, 0.25) is 5.91 Å². The van der Waals surface area contributed by atoms with Crippen LogP contribution in [0.5, 0.6) is 0 Å². The summed E-state index contributed by atoms with van der Waals surface area (Å²) in [5.74, 6) is -0.0296. The van der Waals surface area contributed by atoms with Crippen molar-refractivity contribution in [1.29, 1.82) is 0 Å². The molecule has 3 rings (SSSR count). The standard InChI is InChI=1S/C23H26ClN3OS/c1-4-16-9-11-17(12-10-16)21(27(2)3)14-25-22(28)13-18-15-29-23(26-18)19-7-5-6-8-20(19)24/h5-12,15,21H,4,13-14H2,1-3H3,(H,25,28). The summed E-state index contributed by atoms with van der Waals surface area (Å²) in [6.45, 7) is 2.70. The second kappa shape index (κ2) is 10.0. The van der Waals surface area contributed by atoms with Gasteiger partial charge in [0.1, 0.15) is 5.01 Å². The molecule has 3 aromatic rings. The van der Waals surface area contributed by atoms with Crippen molar-refractivity contribution < 1.29 is 4.79 Å². The normalized spacial score (nSPS) is 12.2. The second-order valence-corrected chi connectivity index (χ2v) is 8.44. The number of nitrogens with zero attached hydrogens (tertiary/aromatic N) is 2. The maximum atomic E-state index is 12.5. The van der Waals surface area contributed by atoms with Gasteiger partial charge in [-0.25, -0.2) is 4.98 Å². The Morgan fingerprint density at radius 2 is 1.90 bits per heavy atom. The van der Waals surface area contributed by atoms with Crippen LogP contribution < -0.4 is 5.32 Å². The summed E-state index contributed by atoms with van der Waals surface area (Å²) in [6.07, 6.45) is 1.28. The highest BCUT2D eigenvalue weighted by atomic mass is 35.5. The summed E-state index contributed by atoms with van der Waals surface area (Å²) in [7, 11) is 4.06. The summed E-state index contributed by atoms with van der Waals surface area (Å²) in [4.78, 5) is 19.2. The average Bonchev–Trinajstić information content (AvgIpc) is 3.16. The second-order valence-electron chi connectivity index (χ2n) is 7.18. The predicted octanol–water partition coefficient (Wildman–Crippen LogP) is 4.99. The Morgan fingerprint density at radius 1 is 1.17 bits per heavy atom. The van der Waals surface area contributed by atoms with Crippen molar-refractivity contribution in [3.63, 3.8) is 0 Å². The van der Waals surface area contributed by atoms with E-state index in [2.05, 4.69) is 46.4 Å². The average molecular weight is 428 g/mol. The van der Waals surface area contributed by atoms with Crippen molar-refractivity contribution in [2.45, 2.75) is 25.8 Å². The van der Waals surface area contributed by atoms with Crippen LogP contribution >= 0.6 is 22.9 Å². The maximum absolute atomic E-state index is 12.5. The van der Waals surface area contributed by atoms with Crippen LogP contribution in [0.2, 0.25) is 5.02 Å². The number of nitrogens with one attached hydrogen (secondary N) is 1. The number of hydrogen-bond acceptors (Lipinski definition) is 4. The zero-order chi connectivity index (χ0) is 20.8. The highest BCUT2D eigenvalue weighted by Crippen LogP contribution is 2.30. The van der Waals surface area contributed by atoms with Crippen LogP contribution in [-0.4, -0.2) is 36.4 Å². The fourth-order valence-corrected chi connectivity index (χ4v) is 4.30. The molecule has 1 aromatic heterocycles. The van der Waals surface area contributed by atoms with E-state index in [9.17, 15) is 4.79 Å². The van der Waals surface area contributed by atoms with Crippen molar-refractivity contribution in [1.82, 2.24) is 15.2 Å². The van der Waals surface area contributed by atoms with Crippen molar-refractivity contribution >= 4 is 28.8 Å². The number of thiazole rings is 1. The number of aryl methyl sites for hydroxylation is 1. The van der Waals surface area contributed by atoms with Crippen LogP contribution in [0.15, 0.2) is 53.9 Å². The van der Waals surface area contributed by atoms with Gasteiger partial charge < -0.3 is 10.2 Å². The number of likely N-dealkylation sites (N-methyl/N-ethyl adjacent to an activating group) is 1. The Bertz CT molecular complexity index is 953. The Kier molecular flexibility index (Phi) is 7.42. The summed E-state index contributed by atoms with van der Waals surface area (Å²) in [5.41, 5.74) is 4.17. The molecule has 1 N–H and O–H groups in total. The molecule has 0 bridgehead atoms. The molecule has 29 heavy (non-hydrogen) atoms. The number of benzene rings is 2. The summed E-state index contributed by atoms with van der Waals surface area (Å²) in [6, 6.07) is 16.3. The van der Waals surface area contributed by atoms with Gasteiger partial charge in [0.05, 0.1) is 23.2 Å². The predicted molar refractivity (Wildman–Crippen MR) is 122 cm³/mol. The quantitative estimate of drug-likeness (QED) is 0.551. The van der Waals surface area contributed by atoms with E-state index in [1.807, 2.05) is 43.7 Å². The van der Waals surface area contributed by atoms with Crippen LogP contribution in [0.25, 0.3) is 10.6 Å². The topological polar surface area (TPSA) is 45.2 Å². The van der Waals surface area contributed by atoms with Gasteiger partial charge in [-0.05, 0) is 37.7 Å². The fraction of sp³-hybridized carbons (Fsp3) is 0.304. The van der Waals surface area contributed by atoms with Crippen LogP contribution in [0.4, 0.5) is 0 Å². The Morgan fingerprint density at radius 3 is 2.55 bits per heavy atom. The fourth-order valence-electron chi connectivity index (χ4n) is 3.16. The molecule has 0 spiro atoms. The minimum Gasteiger partial charge on any atom is -0.354 e. The molecular weight excluding hydrogens is 402 g/mol. The molecule has 0 saturated heterocycles. The molecule has 2 aromatic carbocycles. The Labute approximate surface area is 181 Å². The Hall–Kier alpha value is -2.21. The molecule has 1 amide bonds. The van der Waals surface area contributed by atoms with E-state index >= 15 is 0 Å². The number of hydrogen-bond donors (Lipinski definition) is 1. The number of carbonyl (C=O) groups is 1. The summed E-state index contributed by atoms with van der Waals surface area (Å²) in [5, 5.41) is 6.48. The number of halogens is 1. The van der Waals surface area contributed by atoms with Gasteiger partial charge >= 0.3 is 0 Å². The first-order chi connectivity index (χ1) is 14.0. The van der Waals surface area contributed by atoms with Gasteiger partial charge in [0, 0.05) is 17.5 Å². The first kappa shape index (κ1) is 21.5. The lowest BCUT2D eigenvalue weighted by molar-refractivity contribution is -0.120. The van der Waals surface area contributed by atoms with Crippen molar-refractivity contribution in [2.24, 2.45) is 0 Å². The van der Waals surface area contributed by atoms with Crippen molar-refractivity contribution in [3.05, 3.63) is 75.8 Å². The molecule has 1 heterocycles. The van der Waals surface area contributed by atoms with Crippen molar-refractivity contribution in [2.75, 3.05) is 20.6 Å². The molecule has 1 atom stereocenters. The summed E-state index contributed by atoms with van der Waals surface area (Å²) < 4.78 is 0. The summed E-state index contributed by atoms with van der Waals surface area (Å²) >= 11 is 7.75. The van der Waals surface area contributed by atoms with Gasteiger partial charge in [0.15, 0.2) is 0 Å². The molecule has 0 aliphatic rings. The minimum atomic E-state index is -0.0296. The highest BCUT2D eigenvalue weighted by molar-refractivity contribution is 7.13. The molecule has 0 fully saturated rings. The third kappa shape index (κ3) is 5.66. The molecule has 0 radical (unpaired) electrons. The third-order valence-corrected chi connectivity index (χ3v) is 6.14.